The van der Waals surface area contributed by atoms with Crippen molar-refractivity contribution in [1.82, 2.24) is 5.32 Å². The SMILES string of the molecule is CC(C)(C)c1ccc(CNC(C(N)=O)C(C)(C)C)cc1. The molecule has 1 aromatic carbocycles. The lowest BCUT2D eigenvalue weighted by molar-refractivity contribution is -0.122. The van der Waals surface area contributed by atoms with E-state index in [9.17, 15) is 4.79 Å². The predicted octanol–water partition coefficient (Wildman–Crippen LogP) is 2.97. The van der Waals surface area contributed by atoms with Gasteiger partial charge in [0, 0.05) is 6.54 Å². The number of nitrogens with one attached hydrogen (secondary N) is 1. The quantitative estimate of drug-likeness (QED) is 0.888. The second-order valence-electron chi connectivity index (χ2n) is 7.53. The summed E-state index contributed by atoms with van der Waals surface area (Å²) in [5.74, 6) is -0.302. The third-order valence-electron chi connectivity index (χ3n) is 3.48. The first-order chi connectivity index (χ1) is 9.01. The molecule has 3 nitrogen and oxygen atoms in total. The zero-order valence-corrected chi connectivity index (χ0v) is 13.6. The van der Waals surface area contributed by atoms with Crippen LogP contribution >= 0.6 is 0 Å². The first-order valence-corrected chi connectivity index (χ1v) is 7.14. The Hall–Kier alpha value is -1.35. The average molecular weight is 276 g/mol. The summed E-state index contributed by atoms with van der Waals surface area (Å²) in [7, 11) is 0. The van der Waals surface area contributed by atoms with Crippen LogP contribution in [0.15, 0.2) is 24.3 Å². The Morgan fingerprint density at radius 1 is 1.10 bits per heavy atom. The van der Waals surface area contributed by atoms with Crippen LogP contribution in [0.2, 0.25) is 0 Å². The van der Waals surface area contributed by atoms with Gasteiger partial charge in [0.1, 0.15) is 0 Å². The summed E-state index contributed by atoms with van der Waals surface area (Å²) in [6, 6.07) is 8.17. The Morgan fingerprint density at radius 2 is 1.60 bits per heavy atom. The summed E-state index contributed by atoms with van der Waals surface area (Å²) < 4.78 is 0. The van der Waals surface area contributed by atoms with Gasteiger partial charge in [-0.25, -0.2) is 0 Å². The molecule has 0 saturated heterocycles. The summed E-state index contributed by atoms with van der Waals surface area (Å²) in [4.78, 5) is 11.5. The summed E-state index contributed by atoms with van der Waals surface area (Å²) in [5.41, 5.74) is 7.91. The van der Waals surface area contributed by atoms with Gasteiger partial charge in [-0.1, -0.05) is 65.8 Å². The largest absolute Gasteiger partial charge is 0.368 e. The minimum Gasteiger partial charge on any atom is -0.368 e. The summed E-state index contributed by atoms with van der Waals surface area (Å²) in [6.45, 7) is 13.3. The molecule has 0 saturated carbocycles. The van der Waals surface area contributed by atoms with Gasteiger partial charge in [-0.05, 0) is 22.0 Å². The van der Waals surface area contributed by atoms with Crippen molar-refractivity contribution < 1.29 is 4.79 Å². The topological polar surface area (TPSA) is 55.1 Å². The van der Waals surface area contributed by atoms with Gasteiger partial charge < -0.3 is 11.1 Å². The second kappa shape index (κ2) is 5.96. The van der Waals surface area contributed by atoms with Crippen LogP contribution in [0.1, 0.15) is 52.7 Å². The highest BCUT2D eigenvalue weighted by atomic mass is 16.1. The highest BCUT2D eigenvalue weighted by molar-refractivity contribution is 5.80. The molecule has 3 N–H and O–H groups in total. The molecule has 1 amide bonds. The predicted molar refractivity (Wildman–Crippen MR) is 84.4 cm³/mol. The van der Waals surface area contributed by atoms with E-state index < -0.39 is 0 Å². The molecule has 1 aromatic rings. The van der Waals surface area contributed by atoms with Gasteiger partial charge in [-0.15, -0.1) is 0 Å². The van der Waals surface area contributed by atoms with Gasteiger partial charge in [-0.3, -0.25) is 4.79 Å². The van der Waals surface area contributed by atoms with Gasteiger partial charge in [-0.2, -0.15) is 0 Å². The Bertz CT molecular complexity index is 449. The van der Waals surface area contributed by atoms with E-state index >= 15 is 0 Å². The highest BCUT2D eigenvalue weighted by Gasteiger charge is 2.28. The van der Waals surface area contributed by atoms with Crippen LogP contribution in [0.5, 0.6) is 0 Å². The minimum atomic E-state index is -0.329. The van der Waals surface area contributed by atoms with E-state index in [2.05, 4.69) is 50.4 Å². The van der Waals surface area contributed by atoms with Crippen molar-refractivity contribution in [1.29, 1.82) is 0 Å². The number of hydrogen-bond donors (Lipinski definition) is 2. The Balaban J connectivity index is 2.73. The molecule has 0 aromatic heterocycles. The molecule has 3 heteroatoms. The third kappa shape index (κ3) is 4.64. The van der Waals surface area contributed by atoms with Crippen molar-refractivity contribution >= 4 is 5.91 Å². The van der Waals surface area contributed by atoms with Crippen LogP contribution in [0.3, 0.4) is 0 Å². The van der Waals surface area contributed by atoms with E-state index in [0.717, 1.165) is 5.56 Å². The smallest absolute Gasteiger partial charge is 0.235 e. The van der Waals surface area contributed by atoms with Crippen molar-refractivity contribution in [2.24, 2.45) is 11.1 Å². The molecule has 0 aliphatic carbocycles. The van der Waals surface area contributed by atoms with Crippen molar-refractivity contribution in [2.75, 3.05) is 0 Å². The van der Waals surface area contributed by atoms with E-state index in [1.807, 2.05) is 20.8 Å². The van der Waals surface area contributed by atoms with E-state index in [-0.39, 0.29) is 22.8 Å². The van der Waals surface area contributed by atoms with E-state index in [0.29, 0.717) is 6.54 Å². The lowest BCUT2D eigenvalue weighted by Gasteiger charge is -2.29. The molecule has 1 rings (SSSR count). The van der Waals surface area contributed by atoms with Crippen LogP contribution in [0.4, 0.5) is 0 Å². The molecular weight excluding hydrogens is 248 g/mol. The fourth-order valence-corrected chi connectivity index (χ4v) is 2.18. The molecule has 0 aliphatic heterocycles. The maximum Gasteiger partial charge on any atom is 0.235 e. The highest BCUT2D eigenvalue weighted by Crippen LogP contribution is 2.23. The van der Waals surface area contributed by atoms with Gasteiger partial charge in [0.25, 0.3) is 0 Å². The van der Waals surface area contributed by atoms with Gasteiger partial charge in [0.15, 0.2) is 0 Å². The minimum absolute atomic E-state index is 0.160. The number of primary amides is 1. The number of benzene rings is 1. The van der Waals surface area contributed by atoms with Crippen molar-refractivity contribution in [3.63, 3.8) is 0 Å². The number of carbonyl (C=O) groups is 1. The third-order valence-corrected chi connectivity index (χ3v) is 3.48. The Labute approximate surface area is 122 Å². The number of rotatable bonds is 4. The fraction of sp³-hybridized carbons (Fsp3) is 0.588. The molecular formula is C17H28N2O. The van der Waals surface area contributed by atoms with Crippen LogP contribution in [-0.2, 0) is 16.8 Å². The zero-order valence-electron chi connectivity index (χ0n) is 13.6. The molecule has 1 unspecified atom stereocenters. The normalized spacial score (nSPS) is 14.1. The summed E-state index contributed by atoms with van der Waals surface area (Å²) in [6.07, 6.45) is 0. The molecule has 0 spiro atoms. The average Bonchev–Trinajstić information content (AvgIpc) is 2.26. The lowest BCUT2D eigenvalue weighted by Crippen LogP contribution is -2.49. The number of nitrogens with two attached hydrogens (primary N) is 1. The van der Waals surface area contributed by atoms with E-state index in [4.69, 9.17) is 5.73 Å². The molecule has 0 radical (unpaired) electrons. The standard InChI is InChI=1S/C17H28N2O/c1-16(2,3)13-9-7-12(8-10-13)11-19-14(15(18)20)17(4,5)6/h7-10,14,19H,11H2,1-6H3,(H2,18,20). The Kier molecular flexibility index (Phi) is 4.98. The van der Waals surface area contributed by atoms with Crippen LogP contribution < -0.4 is 11.1 Å². The molecule has 0 aliphatic rings. The van der Waals surface area contributed by atoms with E-state index in [1.165, 1.54) is 5.56 Å². The maximum atomic E-state index is 11.5. The van der Waals surface area contributed by atoms with Gasteiger partial charge in [0.2, 0.25) is 5.91 Å². The summed E-state index contributed by atoms with van der Waals surface area (Å²) >= 11 is 0. The number of hydrogen-bond acceptors (Lipinski definition) is 2. The first-order valence-electron chi connectivity index (χ1n) is 7.14. The zero-order chi connectivity index (χ0) is 15.6. The molecule has 112 valence electrons. The van der Waals surface area contributed by atoms with Gasteiger partial charge >= 0.3 is 0 Å². The van der Waals surface area contributed by atoms with Crippen molar-refractivity contribution in [2.45, 2.75) is 59.5 Å². The molecule has 20 heavy (non-hydrogen) atoms. The summed E-state index contributed by atoms with van der Waals surface area (Å²) in [5, 5.41) is 3.26. The lowest BCUT2D eigenvalue weighted by atomic mass is 9.85. The molecule has 0 heterocycles. The maximum absolute atomic E-state index is 11.5. The first kappa shape index (κ1) is 16.7. The second-order valence-corrected chi connectivity index (χ2v) is 7.53. The van der Waals surface area contributed by atoms with Crippen molar-refractivity contribution in [3.8, 4) is 0 Å². The van der Waals surface area contributed by atoms with Gasteiger partial charge in [0.05, 0.1) is 6.04 Å². The molecule has 0 fully saturated rings. The van der Waals surface area contributed by atoms with Crippen molar-refractivity contribution in [3.05, 3.63) is 35.4 Å². The molecule has 0 bridgehead atoms. The molecule has 1 atom stereocenters. The van der Waals surface area contributed by atoms with Crippen LogP contribution in [-0.4, -0.2) is 11.9 Å². The van der Waals surface area contributed by atoms with Crippen LogP contribution in [0, 0.1) is 5.41 Å². The monoisotopic (exact) mass is 276 g/mol. The van der Waals surface area contributed by atoms with E-state index in [1.54, 1.807) is 0 Å². The Morgan fingerprint density at radius 3 is 1.95 bits per heavy atom. The number of carbonyl (C=O) groups excluding carboxylic acids is 1. The fourth-order valence-electron chi connectivity index (χ4n) is 2.18. The van der Waals surface area contributed by atoms with Crippen LogP contribution in [0.25, 0.3) is 0 Å². The number of amides is 1.